The summed E-state index contributed by atoms with van der Waals surface area (Å²) in [6.07, 6.45) is 9.89. The van der Waals surface area contributed by atoms with E-state index < -0.39 is 5.63 Å². The Balaban J connectivity index is 1.55. The molecular weight excluding hydrogens is 432 g/mol. The van der Waals surface area contributed by atoms with Crippen molar-refractivity contribution in [2.45, 2.75) is 75.5 Å². The molecule has 0 amide bonds. The van der Waals surface area contributed by atoms with Gasteiger partial charge in [0.25, 0.3) is 0 Å². The van der Waals surface area contributed by atoms with Gasteiger partial charge in [-0.1, -0.05) is 50.3 Å². The number of benzene rings is 1. The van der Waals surface area contributed by atoms with Crippen molar-refractivity contribution < 1.29 is 13.9 Å². The van der Waals surface area contributed by atoms with E-state index in [4.69, 9.17) is 20.8 Å². The molecule has 6 heteroatoms. The average molecular weight is 463 g/mol. The van der Waals surface area contributed by atoms with Crippen molar-refractivity contribution in [1.29, 1.82) is 0 Å². The SMILES string of the molecule is C=C(C)C(=O)OCCCCCCSc1ccc2oc(=O)c(Cl)c(C3CCCCC3)c2c1. The lowest BCUT2D eigenvalue weighted by molar-refractivity contribution is -0.139. The second-order valence-corrected chi connectivity index (χ2v) is 9.84. The third-order valence-corrected chi connectivity index (χ3v) is 7.20. The lowest BCUT2D eigenvalue weighted by Crippen LogP contribution is -2.11. The van der Waals surface area contributed by atoms with Gasteiger partial charge in [0, 0.05) is 15.9 Å². The molecule has 1 heterocycles. The number of hydrogen-bond acceptors (Lipinski definition) is 5. The molecule has 0 saturated heterocycles. The van der Waals surface area contributed by atoms with Crippen LogP contribution < -0.4 is 5.63 Å². The molecule has 0 atom stereocenters. The number of fused-ring (bicyclic) bond motifs is 1. The van der Waals surface area contributed by atoms with Crippen LogP contribution in [-0.2, 0) is 9.53 Å². The number of thioether (sulfide) groups is 1. The zero-order chi connectivity index (χ0) is 22.2. The van der Waals surface area contributed by atoms with Crippen LogP contribution in [0.5, 0.6) is 0 Å². The fourth-order valence-corrected chi connectivity index (χ4v) is 5.34. The van der Waals surface area contributed by atoms with E-state index in [1.54, 1.807) is 6.92 Å². The summed E-state index contributed by atoms with van der Waals surface area (Å²) in [5.74, 6) is 1.04. The lowest BCUT2D eigenvalue weighted by Gasteiger charge is -2.23. The Hall–Kier alpha value is -1.72. The van der Waals surface area contributed by atoms with Crippen LogP contribution in [0.15, 0.2) is 44.5 Å². The van der Waals surface area contributed by atoms with Crippen LogP contribution >= 0.6 is 23.4 Å². The summed E-state index contributed by atoms with van der Waals surface area (Å²) in [6.45, 7) is 5.69. The molecule has 1 fully saturated rings. The van der Waals surface area contributed by atoms with Crippen molar-refractivity contribution in [2.24, 2.45) is 0 Å². The molecule has 2 aromatic rings. The van der Waals surface area contributed by atoms with E-state index in [9.17, 15) is 9.59 Å². The summed E-state index contributed by atoms with van der Waals surface area (Å²) in [5, 5.41) is 1.25. The standard InChI is InChI=1S/C25H31ClO4S/c1-17(2)24(27)29-14-8-3-4-9-15-31-19-12-13-21-20(16-19)22(23(26)25(28)30-21)18-10-6-5-7-11-18/h12-13,16,18H,1,3-11,14-15H2,2H3. The molecule has 0 unspecified atom stereocenters. The highest BCUT2D eigenvalue weighted by Gasteiger charge is 2.23. The van der Waals surface area contributed by atoms with Crippen LogP contribution in [0, 0.1) is 0 Å². The van der Waals surface area contributed by atoms with E-state index in [0.717, 1.165) is 55.2 Å². The molecule has 0 aliphatic heterocycles. The Labute approximate surface area is 193 Å². The quantitative estimate of drug-likeness (QED) is 0.122. The van der Waals surface area contributed by atoms with Gasteiger partial charge in [0.2, 0.25) is 0 Å². The zero-order valence-corrected chi connectivity index (χ0v) is 19.8. The Morgan fingerprint density at radius 2 is 1.94 bits per heavy atom. The first-order valence-electron chi connectivity index (χ1n) is 11.2. The minimum Gasteiger partial charge on any atom is -0.462 e. The van der Waals surface area contributed by atoms with Gasteiger partial charge in [-0.05, 0) is 68.0 Å². The molecule has 1 aromatic heterocycles. The van der Waals surface area contributed by atoms with Crippen molar-refractivity contribution in [2.75, 3.05) is 12.4 Å². The molecule has 0 bridgehead atoms. The van der Waals surface area contributed by atoms with Gasteiger partial charge in [0.1, 0.15) is 10.6 Å². The first-order valence-corrected chi connectivity index (χ1v) is 12.6. The molecule has 168 valence electrons. The van der Waals surface area contributed by atoms with Crippen LogP contribution in [0.4, 0.5) is 0 Å². The van der Waals surface area contributed by atoms with Crippen molar-refractivity contribution in [3.8, 4) is 0 Å². The largest absolute Gasteiger partial charge is 0.462 e. The normalized spacial score (nSPS) is 14.6. The number of ether oxygens (including phenoxy) is 1. The summed E-state index contributed by atoms with van der Waals surface area (Å²) in [4.78, 5) is 24.7. The van der Waals surface area contributed by atoms with Gasteiger partial charge < -0.3 is 9.15 Å². The maximum Gasteiger partial charge on any atom is 0.355 e. The molecule has 31 heavy (non-hydrogen) atoms. The van der Waals surface area contributed by atoms with E-state index in [1.807, 2.05) is 23.9 Å². The van der Waals surface area contributed by atoms with E-state index in [1.165, 1.54) is 24.2 Å². The number of carbonyl (C=O) groups excluding carboxylic acids is 1. The van der Waals surface area contributed by atoms with Gasteiger partial charge in [-0.2, -0.15) is 0 Å². The Bertz CT molecular complexity index is 975. The third-order valence-electron chi connectivity index (χ3n) is 5.76. The summed E-state index contributed by atoms with van der Waals surface area (Å²) >= 11 is 8.25. The average Bonchev–Trinajstić information content (AvgIpc) is 2.77. The zero-order valence-electron chi connectivity index (χ0n) is 18.2. The fraction of sp³-hybridized carbons (Fsp3) is 0.520. The van der Waals surface area contributed by atoms with Crippen molar-refractivity contribution in [3.05, 3.63) is 51.4 Å². The number of unbranched alkanes of at least 4 members (excludes halogenated alkanes) is 3. The van der Waals surface area contributed by atoms with Gasteiger partial charge in [0.05, 0.1) is 6.61 Å². The third kappa shape index (κ3) is 6.63. The minimum atomic E-state index is -0.427. The first-order chi connectivity index (χ1) is 15.0. The van der Waals surface area contributed by atoms with E-state index in [-0.39, 0.29) is 11.0 Å². The summed E-state index contributed by atoms with van der Waals surface area (Å²) in [7, 11) is 0. The van der Waals surface area contributed by atoms with E-state index >= 15 is 0 Å². The highest BCUT2D eigenvalue weighted by Crippen LogP contribution is 2.40. The molecular formula is C25H31ClO4S. The highest BCUT2D eigenvalue weighted by molar-refractivity contribution is 7.99. The van der Waals surface area contributed by atoms with Gasteiger partial charge in [-0.3, -0.25) is 0 Å². The Morgan fingerprint density at radius 3 is 2.68 bits per heavy atom. The van der Waals surface area contributed by atoms with E-state index in [0.29, 0.717) is 23.7 Å². The van der Waals surface area contributed by atoms with Crippen LogP contribution in [0.25, 0.3) is 11.0 Å². The Morgan fingerprint density at radius 1 is 1.19 bits per heavy atom. The predicted molar refractivity (Wildman–Crippen MR) is 128 cm³/mol. The topological polar surface area (TPSA) is 56.5 Å². The van der Waals surface area contributed by atoms with Crippen molar-refractivity contribution in [3.63, 3.8) is 0 Å². The van der Waals surface area contributed by atoms with Gasteiger partial charge >= 0.3 is 11.6 Å². The number of hydrogen-bond donors (Lipinski definition) is 0. The van der Waals surface area contributed by atoms with Crippen LogP contribution in [-0.4, -0.2) is 18.3 Å². The molecule has 0 spiro atoms. The second kappa shape index (κ2) is 11.8. The Kier molecular flexibility index (Phi) is 9.09. The number of rotatable bonds is 10. The first kappa shape index (κ1) is 23.9. The molecule has 1 saturated carbocycles. The van der Waals surface area contributed by atoms with Crippen molar-refractivity contribution in [1.82, 2.24) is 0 Å². The van der Waals surface area contributed by atoms with E-state index in [2.05, 4.69) is 12.6 Å². The highest BCUT2D eigenvalue weighted by atomic mass is 35.5. The molecule has 1 aliphatic carbocycles. The smallest absolute Gasteiger partial charge is 0.355 e. The second-order valence-electron chi connectivity index (χ2n) is 8.29. The number of carbonyl (C=O) groups is 1. The summed E-state index contributed by atoms with van der Waals surface area (Å²) < 4.78 is 10.6. The van der Waals surface area contributed by atoms with Crippen molar-refractivity contribution >= 4 is 40.3 Å². The molecule has 1 aromatic carbocycles. The monoisotopic (exact) mass is 462 g/mol. The van der Waals surface area contributed by atoms with Crippen LogP contribution in [0.1, 0.15) is 76.2 Å². The van der Waals surface area contributed by atoms with Gasteiger partial charge in [0.15, 0.2) is 0 Å². The summed E-state index contributed by atoms with van der Waals surface area (Å²) in [6, 6.07) is 6.05. The van der Waals surface area contributed by atoms with Gasteiger partial charge in [-0.15, -0.1) is 11.8 Å². The molecule has 0 N–H and O–H groups in total. The molecule has 1 aliphatic rings. The van der Waals surface area contributed by atoms with Crippen LogP contribution in [0.2, 0.25) is 5.02 Å². The maximum atomic E-state index is 12.2. The summed E-state index contributed by atoms with van der Waals surface area (Å²) in [5.41, 5.74) is 1.63. The molecule has 3 rings (SSSR count). The number of halogens is 1. The number of esters is 1. The molecule has 4 nitrogen and oxygen atoms in total. The maximum absolute atomic E-state index is 12.2. The minimum absolute atomic E-state index is 0.258. The van der Waals surface area contributed by atoms with Gasteiger partial charge in [-0.25, -0.2) is 9.59 Å². The predicted octanol–water partition coefficient (Wildman–Crippen LogP) is 7.27. The van der Waals surface area contributed by atoms with Crippen LogP contribution in [0.3, 0.4) is 0 Å². The fourth-order valence-electron chi connectivity index (χ4n) is 4.10. The lowest BCUT2D eigenvalue weighted by atomic mass is 9.83. The molecule has 0 radical (unpaired) electrons.